The molecular weight excluding hydrogens is 809 g/mol. The average Bonchev–Trinajstić information content (AvgIpc) is 3.50. The van der Waals surface area contributed by atoms with Crippen molar-refractivity contribution in [3.63, 3.8) is 0 Å². The van der Waals surface area contributed by atoms with Crippen LogP contribution in [0.2, 0.25) is 0 Å². The number of benzene rings is 7. The highest BCUT2D eigenvalue weighted by molar-refractivity contribution is 6.05. The van der Waals surface area contributed by atoms with Gasteiger partial charge in [0.15, 0.2) is 0 Å². The number of hydrogen-bond acceptors (Lipinski definition) is 4. The Labute approximate surface area is 390 Å². The lowest BCUT2D eigenvalue weighted by atomic mass is 9.86. The summed E-state index contributed by atoms with van der Waals surface area (Å²) in [4.78, 5) is 0. The summed E-state index contributed by atoms with van der Waals surface area (Å²) in [6.45, 7) is 15.1. The number of allylic oxidation sites excluding steroid dienone is 7. The summed E-state index contributed by atoms with van der Waals surface area (Å²) in [5.74, 6) is 1.80. The summed E-state index contributed by atoms with van der Waals surface area (Å²) in [5.41, 5.74) is 15.4. The smallest absolute Gasteiger partial charge is 0.131 e. The first-order valence-corrected chi connectivity index (χ1v) is 23.1. The van der Waals surface area contributed by atoms with Crippen molar-refractivity contribution in [2.45, 2.75) is 53.9 Å². The summed E-state index contributed by atoms with van der Waals surface area (Å²) < 4.78 is 13.0. The van der Waals surface area contributed by atoms with Crippen LogP contribution in [0, 0.1) is 13.8 Å². The third kappa shape index (κ3) is 9.18. The van der Waals surface area contributed by atoms with Gasteiger partial charge in [-0.2, -0.15) is 0 Å². The molecule has 9 rings (SSSR count). The lowest BCUT2D eigenvalue weighted by Gasteiger charge is -2.20. The van der Waals surface area contributed by atoms with Gasteiger partial charge < -0.3 is 19.7 Å². The molecule has 0 amide bonds. The first-order valence-electron chi connectivity index (χ1n) is 23.1. The van der Waals surface area contributed by atoms with Gasteiger partial charge in [0, 0.05) is 45.4 Å². The minimum absolute atomic E-state index is 0.196. The van der Waals surface area contributed by atoms with Gasteiger partial charge in [-0.1, -0.05) is 154 Å². The molecule has 2 aliphatic carbocycles. The van der Waals surface area contributed by atoms with E-state index in [9.17, 15) is 10.2 Å². The van der Waals surface area contributed by atoms with Crippen LogP contribution in [0.15, 0.2) is 175 Å². The van der Waals surface area contributed by atoms with E-state index in [1.54, 1.807) is 0 Å². The van der Waals surface area contributed by atoms with Crippen molar-refractivity contribution >= 4 is 34.6 Å². The van der Waals surface area contributed by atoms with Crippen molar-refractivity contribution < 1.29 is 19.7 Å². The van der Waals surface area contributed by atoms with Crippen LogP contribution in [0.25, 0.3) is 68.0 Å². The standard InChI is InChI=1S/C60H52O4.C2H6/c1-5-19-46-42(6-2)38-44-22-11-13-25-48(44)58(46)54-35-40(4)33-52(60(54)62)50-27-15-17-29-56(50)64-31-18-30-63-55-28-16-14-26-49(55)51-32-39(3)34-53(59(51)61)57-45-23-9-7-8-20-41(37-45)36-43-21-10-12-24-47(43)57;1-2/h5-6,8-17,19-29,32-36,38,61-62H,2,7,18,30-31,37H2,1,3-4H3;1-2H3/b19-5-,20-8-,23-9-;. The molecule has 0 saturated carbocycles. The van der Waals surface area contributed by atoms with E-state index in [-0.39, 0.29) is 11.5 Å². The first-order chi connectivity index (χ1) is 32.3. The van der Waals surface area contributed by atoms with Gasteiger partial charge >= 0.3 is 0 Å². The second-order valence-electron chi connectivity index (χ2n) is 16.6. The third-order valence-corrected chi connectivity index (χ3v) is 12.1. The Kier molecular flexibility index (Phi) is 14.0. The molecule has 0 fully saturated rings. The van der Waals surface area contributed by atoms with Crippen molar-refractivity contribution in [3.05, 3.63) is 214 Å². The molecule has 330 valence electrons. The predicted molar refractivity (Wildman–Crippen MR) is 279 cm³/mol. The van der Waals surface area contributed by atoms with Crippen molar-refractivity contribution in [1.82, 2.24) is 0 Å². The highest BCUT2D eigenvalue weighted by Gasteiger charge is 2.24. The molecule has 2 bridgehead atoms. The molecule has 0 aromatic heterocycles. The number of fused-ring (bicyclic) bond motifs is 4. The highest BCUT2D eigenvalue weighted by Crippen LogP contribution is 2.48. The van der Waals surface area contributed by atoms with Crippen LogP contribution in [0.1, 0.15) is 79.0 Å². The molecule has 0 spiro atoms. The van der Waals surface area contributed by atoms with E-state index in [1.165, 1.54) is 11.1 Å². The van der Waals surface area contributed by atoms with E-state index < -0.39 is 0 Å². The van der Waals surface area contributed by atoms with Gasteiger partial charge in [0.1, 0.15) is 23.0 Å². The largest absolute Gasteiger partial charge is 0.507 e. The molecule has 4 nitrogen and oxygen atoms in total. The van der Waals surface area contributed by atoms with Crippen LogP contribution in [-0.4, -0.2) is 23.4 Å². The molecule has 0 saturated heterocycles. The summed E-state index contributed by atoms with van der Waals surface area (Å²) in [6, 6.07) is 42.9. The normalized spacial score (nSPS) is 14.0. The SMILES string of the molecule is C=Cc1cc2ccccc2c(-c2cc(C)cc(-c3ccccc3OCCCOc3ccccc3-c3cc(C)cc(C4=C5/C=C\C/C=C\C(=Cc6ccccc64)C5)c3O)c2O)c1/C=C\C.CC. The second-order valence-corrected chi connectivity index (χ2v) is 16.6. The maximum Gasteiger partial charge on any atom is 0.131 e. The lowest BCUT2D eigenvalue weighted by Crippen LogP contribution is -2.06. The molecule has 2 aliphatic rings. The molecule has 0 aliphatic heterocycles. The van der Waals surface area contributed by atoms with Crippen LogP contribution in [0.5, 0.6) is 23.0 Å². The molecule has 66 heavy (non-hydrogen) atoms. The zero-order chi connectivity index (χ0) is 46.2. The number of aryl methyl sites for hydroxylation is 2. The van der Waals surface area contributed by atoms with Crippen molar-refractivity contribution in [3.8, 4) is 56.4 Å². The van der Waals surface area contributed by atoms with E-state index in [4.69, 9.17) is 9.47 Å². The number of aromatic hydroxyl groups is 2. The van der Waals surface area contributed by atoms with Crippen LogP contribution in [0.3, 0.4) is 0 Å². The summed E-state index contributed by atoms with van der Waals surface area (Å²) in [6.07, 6.45) is 19.4. The Morgan fingerprint density at radius 1 is 0.621 bits per heavy atom. The number of phenolic OH excluding ortho intramolecular Hbond substituents is 2. The van der Waals surface area contributed by atoms with E-state index in [0.29, 0.717) is 36.7 Å². The van der Waals surface area contributed by atoms with Gasteiger partial charge in [-0.05, 0) is 137 Å². The van der Waals surface area contributed by atoms with E-state index in [2.05, 4.69) is 111 Å². The van der Waals surface area contributed by atoms with Crippen LogP contribution >= 0.6 is 0 Å². The number of phenols is 2. The fourth-order valence-corrected chi connectivity index (χ4v) is 9.25. The van der Waals surface area contributed by atoms with E-state index in [0.717, 1.165) is 95.9 Å². The fourth-order valence-electron chi connectivity index (χ4n) is 9.25. The highest BCUT2D eigenvalue weighted by atomic mass is 16.5. The van der Waals surface area contributed by atoms with Crippen molar-refractivity contribution in [1.29, 1.82) is 0 Å². The van der Waals surface area contributed by atoms with Crippen LogP contribution in [0.4, 0.5) is 0 Å². The maximum absolute atomic E-state index is 12.3. The van der Waals surface area contributed by atoms with Crippen molar-refractivity contribution in [2.24, 2.45) is 0 Å². The van der Waals surface area contributed by atoms with E-state index in [1.807, 2.05) is 106 Å². The maximum atomic E-state index is 12.3. The molecule has 7 aromatic rings. The summed E-state index contributed by atoms with van der Waals surface area (Å²) >= 11 is 0. The zero-order valence-electron chi connectivity index (χ0n) is 38.7. The van der Waals surface area contributed by atoms with Gasteiger partial charge in [0.25, 0.3) is 0 Å². The number of hydrogen-bond donors (Lipinski definition) is 2. The van der Waals surface area contributed by atoms with E-state index >= 15 is 0 Å². The summed E-state index contributed by atoms with van der Waals surface area (Å²) in [7, 11) is 0. The first kappa shape index (κ1) is 45.0. The minimum Gasteiger partial charge on any atom is -0.507 e. The Morgan fingerprint density at radius 2 is 1.18 bits per heavy atom. The molecule has 0 radical (unpaired) electrons. The average molecular weight is 867 g/mol. The van der Waals surface area contributed by atoms with Gasteiger partial charge in [-0.25, -0.2) is 0 Å². The topological polar surface area (TPSA) is 58.9 Å². The molecule has 4 heteroatoms. The van der Waals surface area contributed by atoms with Crippen LogP contribution < -0.4 is 9.47 Å². The molecule has 0 unspecified atom stereocenters. The Balaban J connectivity index is 0.00000292. The molecule has 2 N–H and O–H groups in total. The van der Waals surface area contributed by atoms with Crippen molar-refractivity contribution in [2.75, 3.05) is 13.2 Å². The fraction of sp³-hybridized carbons (Fsp3) is 0.161. The number of para-hydroxylation sites is 2. The third-order valence-electron chi connectivity index (χ3n) is 12.1. The Bertz CT molecular complexity index is 3100. The summed E-state index contributed by atoms with van der Waals surface area (Å²) in [5, 5.41) is 26.6. The quantitative estimate of drug-likeness (QED) is 0.120. The minimum atomic E-state index is 0.196. The number of rotatable bonds is 12. The Morgan fingerprint density at radius 3 is 1.85 bits per heavy atom. The van der Waals surface area contributed by atoms with Crippen LogP contribution in [-0.2, 0) is 0 Å². The number of ether oxygens (including phenoxy) is 2. The lowest BCUT2D eigenvalue weighted by molar-refractivity contribution is 0.248. The van der Waals surface area contributed by atoms with Gasteiger partial charge in [-0.3, -0.25) is 0 Å². The zero-order valence-corrected chi connectivity index (χ0v) is 38.7. The Hall–Kier alpha value is -7.56. The molecular formula is C62H58O4. The predicted octanol–water partition coefficient (Wildman–Crippen LogP) is 16.5. The van der Waals surface area contributed by atoms with Gasteiger partial charge in [-0.15, -0.1) is 0 Å². The molecule has 0 atom stereocenters. The van der Waals surface area contributed by atoms with Gasteiger partial charge in [0.05, 0.1) is 13.2 Å². The monoisotopic (exact) mass is 866 g/mol. The second kappa shape index (κ2) is 20.5. The van der Waals surface area contributed by atoms with Gasteiger partial charge in [0.2, 0.25) is 0 Å². The molecule has 0 heterocycles. The molecule has 7 aromatic carbocycles.